The Hall–Kier alpha value is -1.97. The number of hydrogen-bond donors (Lipinski definition) is 3. The number of unbranched alkanes of at least 4 members (excludes halogenated alkanes) is 3. The van der Waals surface area contributed by atoms with Crippen LogP contribution in [0.15, 0.2) is 12.2 Å². The fourth-order valence-electron chi connectivity index (χ4n) is 4.14. The van der Waals surface area contributed by atoms with Gasteiger partial charge in [-0.15, -0.1) is 0 Å². The number of aliphatic hydroxyl groups excluding tert-OH is 2. The summed E-state index contributed by atoms with van der Waals surface area (Å²) in [5, 5.41) is 32.0. The number of hydrogen-bond acceptors (Lipinski definition) is 9. The molecule has 0 radical (unpaired) electrons. The van der Waals surface area contributed by atoms with Crippen molar-refractivity contribution in [1.29, 1.82) is 0 Å². The van der Waals surface area contributed by atoms with E-state index >= 15 is 0 Å². The highest BCUT2D eigenvalue weighted by atomic mass is 16.6. The fourth-order valence-corrected chi connectivity index (χ4v) is 4.14. The molecule has 0 aromatic carbocycles. The number of carbonyl (C=O) groups excluding carboxylic acids is 3. The smallest absolute Gasteiger partial charge is 0.330 e. The van der Waals surface area contributed by atoms with E-state index in [1.807, 2.05) is 0 Å². The highest BCUT2D eigenvalue weighted by Crippen LogP contribution is 2.34. The number of cyclic esters (lactones) is 1. The summed E-state index contributed by atoms with van der Waals surface area (Å²) in [6.45, 7) is 8.96. The maximum Gasteiger partial charge on any atom is 0.330 e. The summed E-state index contributed by atoms with van der Waals surface area (Å²) >= 11 is 0. The average molecular weight is 473 g/mol. The maximum atomic E-state index is 12.6. The number of ether oxygens (including phenoxy) is 3. The lowest BCUT2D eigenvalue weighted by Gasteiger charge is -2.40. The Labute approximate surface area is 196 Å². The van der Waals surface area contributed by atoms with Gasteiger partial charge in [0.2, 0.25) is 0 Å². The lowest BCUT2D eigenvalue weighted by atomic mass is 9.78. The van der Waals surface area contributed by atoms with Gasteiger partial charge in [-0.25, -0.2) is 4.79 Å². The molecule has 1 saturated heterocycles. The first-order chi connectivity index (χ1) is 15.3. The largest absolute Gasteiger partial charge is 0.458 e. The molecule has 1 aliphatic heterocycles. The van der Waals surface area contributed by atoms with Gasteiger partial charge in [-0.1, -0.05) is 39.5 Å². The minimum absolute atomic E-state index is 0.522. The Morgan fingerprint density at radius 1 is 1.18 bits per heavy atom. The Kier molecular flexibility index (Phi) is 11.5. The van der Waals surface area contributed by atoms with Crippen LogP contribution in [-0.4, -0.2) is 69.3 Å². The lowest BCUT2D eigenvalue weighted by Crippen LogP contribution is -2.58. The molecular formula is C24H40O9. The Bertz CT molecular complexity index is 687. The summed E-state index contributed by atoms with van der Waals surface area (Å²) in [5.74, 6) is -4.24. The molecule has 0 unspecified atom stereocenters. The average Bonchev–Trinajstić information content (AvgIpc) is 2.75. The maximum absolute atomic E-state index is 12.6. The first kappa shape index (κ1) is 29.1. The molecule has 0 amide bonds. The Morgan fingerprint density at radius 2 is 1.82 bits per heavy atom. The monoisotopic (exact) mass is 472 g/mol. The third kappa shape index (κ3) is 8.39. The minimum Gasteiger partial charge on any atom is -0.458 e. The predicted molar refractivity (Wildman–Crippen MR) is 120 cm³/mol. The van der Waals surface area contributed by atoms with E-state index in [4.69, 9.17) is 14.2 Å². The second-order valence-corrected chi connectivity index (χ2v) is 9.17. The van der Waals surface area contributed by atoms with Crippen molar-refractivity contribution in [2.45, 2.75) is 110 Å². The van der Waals surface area contributed by atoms with E-state index < -0.39 is 65.9 Å². The van der Waals surface area contributed by atoms with Crippen LogP contribution in [0.2, 0.25) is 0 Å². The summed E-state index contributed by atoms with van der Waals surface area (Å²) in [7, 11) is 0. The predicted octanol–water partition coefficient (Wildman–Crippen LogP) is 2.05. The van der Waals surface area contributed by atoms with Gasteiger partial charge in [0.05, 0.1) is 18.1 Å². The lowest BCUT2D eigenvalue weighted by molar-refractivity contribution is -0.198. The molecule has 1 aliphatic rings. The molecule has 1 rings (SSSR count). The zero-order chi connectivity index (χ0) is 25.3. The van der Waals surface area contributed by atoms with Gasteiger partial charge < -0.3 is 29.5 Å². The summed E-state index contributed by atoms with van der Waals surface area (Å²) in [6.07, 6.45) is 1.24. The molecule has 9 heteroatoms. The Morgan fingerprint density at radius 3 is 2.39 bits per heavy atom. The molecular weight excluding hydrogens is 432 g/mol. The quantitative estimate of drug-likeness (QED) is 0.199. The third-order valence-electron chi connectivity index (χ3n) is 6.13. The van der Waals surface area contributed by atoms with Crippen LogP contribution in [0, 0.1) is 11.8 Å². The first-order valence-electron chi connectivity index (χ1n) is 11.7. The standard InChI is InChI=1S/C24H40O9/c1-7-8-9-10-11-18(26)12-13-19(27)33-20-14(2)21(28)24(6,30)22(32-17(5)25)15(3)23(29)31-16(20)4/h12-16,18,20-22,26,28,30H,7-11H2,1-6H3/b13-12+/t14-,15+,16+,18-,20-,21+,22-,24-/m1/s1. The molecule has 1 fully saturated rings. The van der Waals surface area contributed by atoms with Crippen molar-refractivity contribution in [2.24, 2.45) is 11.8 Å². The van der Waals surface area contributed by atoms with E-state index in [0.717, 1.165) is 38.7 Å². The summed E-state index contributed by atoms with van der Waals surface area (Å²) in [4.78, 5) is 36.6. The van der Waals surface area contributed by atoms with Crippen molar-refractivity contribution in [3.05, 3.63) is 12.2 Å². The summed E-state index contributed by atoms with van der Waals surface area (Å²) < 4.78 is 16.1. The van der Waals surface area contributed by atoms with Crippen molar-refractivity contribution in [2.75, 3.05) is 0 Å². The molecule has 0 bridgehead atoms. The molecule has 9 nitrogen and oxygen atoms in total. The van der Waals surface area contributed by atoms with E-state index in [-0.39, 0.29) is 0 Å². The van der Waals surface area contributed by atoms with E-state index in [9.17, 15) is 29.7 Å². The SMILES string of the molecule is CCCCCC[C@@H](O)/C=C/C(=O)O[C@@H]1[C@@H](C)[C@H](O)[C@@](C)(O)[C@H](OC(C)=O)[C@H](C)C(=O)O[C@H]1C. The van der Waals surface area contributed by atoms with Crippen LogP contribution in [0.3, 0.4) is 0 Å². The van der Waals surface area contributed by atoms with Gasteiger partial charge in [0.15, 0.2) is 0 Å². The van der Waals surface area contributed by atoms with Crippen LogP contribution >= 0.6 is 0 Å². The van der Waals surface area contributed by atoms with Crippen LogP contribution in [0.1, 0.15) is 73.6 Å². The summed E-state index contributed by atoms with van der Waals surface area (Å²) in [6, 6.07) is 0. The first-order valence-corrected chi connectivity index (χ1v) is 11.7. The number of rotatable bonds is 9. The molecule has 33 heavy (non-hydrogen) atoms. The molecule has 190 valence electrons. The van der Waals surface area contributed by atoms with E-state index in [1.54, 1.807) is 0 Å². The number of aliphatic hydroxyl groups is 3. The fraction of sp³-hybridized carbons (Fsp3) is 0.792. The molecule has 0 aliphatic carbocycles. The van der Waals surface area contributed by atoms with Gasteiger partial charge in [-0.05, 0) is 33.3 Å². The van der Waals surface area contributed by atoms with Crippen LogP contribution < -0.4 is 0 Å². The van der Waals surface area contributed by atoms with Crippen LogP contribution in [0.25, 0.3) is 0 Å². The van der Waals surface area contributed by atoms with Crippen LogP contribution in [0.4, 0.5) is 0 Å². The molecule has 3 N–H and O–H groups in total. The third-order valence-corrected chi connectivity index (χ3v) is 6.13. The normalized spacial score (nSPS) is 34.0. The van der Waals surface area contributed by atoms with E-state index in [2.05, 4.69) is 6.92 Å². The topological polar surface area (TPSA) is 140 Å². The number of carbonyl (C=O) groups is 3. The highest BCUT2D eigenvalue weighted by molar-refractivity contribution is 5.82. The van der Waals surface area contributed by atoms with Crippen molar-refractivity contribution < 1.29 is 43.9 Å². The van der Waals surface area contributed by atoms with Gasteiger partial charge in [0.1, 0.15) is 23.9 Å². The molecule has 0 spiro atoms. The van der Waals surface area contributed by atoms with Crippen molar-refractivity contribution >= 4 is 17.9 Å². The highest BCUT2D eigenvalue weighted by Gasteiger charge is 2.52. The van der Waals surface area contributed by atoms with Gasteiger partial charge in [0.25, 0.3) is 0 Å². The molecule has 0 aromatic heterocycles. The molecule has 8 atom stereocenters. The van der Waals surface area contributed by atoms with Crippen molar-refractivity contribution in [3.8, 4) is 0 Å². The van der Waals surface area contributed by atoms with Crippen LogP contribution in [-0.2, 0) is 28.6 Å². The second kappa shape index (κ2) is 13.1. The molecule has 1 heterocycles. The molecule has 0 saturated carbocycles. The van der Waals surface area contributed by atoms with E-state index in [1.165, 1.54) is 33.8 Å². The van der Waals surface area contributed by atoms with Gasteiger partial charge in [-0.3, -0.25) is 9.59 Å². The van der Waals surface area contributed by atoms with Gasteiger partial charge >= 0.3 is 17.9 Å². The Balaban J connectivity index is 3.01. The second-order valence-electron chi connectivity index (χ2n) is 9.17. The van der Waals surface area contributed by atoms with Crippen LogP contribution in [0.5, 0.6) is 0 Å². The number of esters is 3. The van der Waals surface area contributed by atoms with Gasteiger partial charge in [-0.2, -0.15) is 0 Å². The van der Waals surface area contributed by atoms with Gasteiger partial charge in [0, 0.05) is 18.9 Å². The summed E-state index contributed by atoms with van der Waals surface area (Å²) in [5.41, 5.74) is -2.03. The van der Waals surface area contributed by atoms with Crippen molar-refractivity contribution in [3.63, 3.8) is 0 Å². The minimum atomic E-state index is -2.03. The zero-order valence-corrected chi connectivity index (χ0v) is 20.5. The zero-order valence-electron chi connectivity index (χ0n) is 20.5. The van der Waals surface area contributed by atoms with Crippen molar-refractivity contribution in [1.82, 2.24) is 0 Å². The molecule has 0 aromatic rings. The van der Waals surface area contributed by atoms with E-state index in [0.29, 0.717) is 6.42 Å².